The van der Waals surface area contributed by atoms with Gasteiger partial charge in [-0.25, -0.2) is 4.98 Å². The normalized spacial score (nSPS) is 10.9. The summed E-state index contributed by atoms with van der Waals surface area (Å²) in [6.07, 6.45) is 1.70. The van der Waals surface area contributed by atoms with Crippen LogP contribution in [0, 0.1) is 0 Å². The third kappa shape index (κ3) is 1.11. The Hall–Kier alpha value is -0.610. The molecule has 0 N–H and O–H groups in total. The van der Waals surface area contributed by atoms with E-state index in [2.05, 4.69) is 26.0 Å². The summed E-state index contributed by atoms with van der Waals surface area (Å²) < 4.78 is 2.51. The first-order valence-electron chi connectivity index (χ1n) is 3.32. The molecular weight excluding hydrogens is 241 g/mol. The largest absolute Gasteiger partial charge is 0.266 e. The van der Waals surface area contributed by atoms with Gasteiger partial charge in [0, 0.05) is 13.2 Å². The molecule has 2 heterocycles. The van der Waals surface area contributed by atoms with Gasteiger partial charge >= 0.3 is 0 Å². The summed E-state index contributed by atoms with van der Waals surface area (Å²) in [5, 5.41) is 5.42. The molecule has 2 aromatic heterocycles. The average Bonchev–Trinajstić information content (AvgIpc) is 2.28. The van der Waals surface area contributed by atoms with Gasteiger partial charge in [0.25, 0.3) is 0 Å². The molecule has 0 aromatic carbocycles. The number of aromatic nitrogens is 3. The molecule has 2 aromatic rings. The molecular formula is C7H5BrClN3. The van der Waals surface area contributed by atoms with E-state index in [0.29, 0.717) is 5.15 Å². The Morgan fingerprint density at radius 2 is 2.33 bits per heavy atom. The van der Waals surface area contributed by atoms with E-state index in [-0.39, 0.29) is 0 Å². The van der Waals surface area contributed by atoms with Crippen LogP contribution in [0.25, 0.3) is 10.9 Å². The molecule has 5 heteroatoms. The van der Waals surface area contributed by atoms with Gasteiger partial charge in [0.15, 0.2) is 5.15 Å². The van der Waals surface area contributed by atoms with E-state index >= 15 is 0 Å². The summed E-state index contributed by atoms with van der Waals surface area (Å²) in [6, 6.07) is 1.88. The van der Waals surface area contributed by atoms with Crippen LogP contribution in [0.5, 0.6) is 0 Å². The lowest BCUT2D eigenvalue weighted by Gasteiger charge is -1.92. The van der Waals surface area contributed by atoms with Gasteiger partial charge in [-0.1, -0.05) is 11.6 Å². The molecule has 2 rings (SSSR count). The fourth-order valence-corrected chi connectivity index (χ4v) is 1.66. The Morgan fingerprint density at radius 3 is 3.08 bits per heavy atom. The Kier molecular flexibility index (Phi) is 1.81. The Balaban J connectivity index is 2.90. The number of nitrogens with zero attached hydrogens (tertiary/aromatic N) is 3. The molecule has 0 spiro atoms. The van der Waals surface area contributed by atoms with E-state index in [4.69, 9.17) is 11.6 Å². The summed E-state index contributed by atoms with van der Waals surface area (Å²) in [5.74, 6) is 0. The molecule has 0 aliphatic rings. The van der Waals surface area contributed by atoms with E-state index < -0.39 is 0 Å². The lowest BCUT2D eigenvalue weighted by Crippen LogP contribution is -1.88. The second-order valence-electron chi connectivity index (χ2n) is 2.44. The van der Waals surface area contributed by atoms with Gasteiger partial charge in [-0.3, -0.25) is 4.68 Å². The highest BCUT2D eigenvalue weighted by atomic mass is 79.9. The Morgan fingerprint density at radius 1 is 1.58 bits per heavy atom. The molecule has 0 saturated carbocycles. The first-order valence-corrected chi connectivity index (χ1v) is 4.49. The van der Waals surface area contributed by atoms with Crippen molar-refractivity contribution in [3.05, 3.63) is 22.0 Å². The van der Waals surface area contributed by atoms with Crippen molar-refractivity contribution in [2.75, 3.05) is 0 Å². The number of hydrogen-bond donors (Lipinski definition) is 0. The fourth-order valence-electron chi connectivity index (χ4n) is 1.09. The third-order valence-corrected chi connectivity index (χ3v) is 2.37. The molecule has 0 amide bonds. The minimum absolute atomic E-state index is 0.493. The summed E-state index contributed by atoms with van der Waals surface area (Å²) in [7, 11) is 1.85. The molecule has 0 aliphatic carbocycles. The van der Waals surface area contributed by atoms with Crippen molar-refractivity contribution in [2.45, 2.75) is 0 Å². The van der Waals surface area contributed by atoms with Crippen molar-refractivity contribution in [3.8, 4) is 0 Å². The molecule has 0 atom stereocenters. The highest BCUT2D eigenvalue weighted by Gasteiger charge is 2.06. The number of hydrogen-bond acceptors (Lipinski definition) is 2. The van der Waals surface area contributed by atoms with Crippen LogP contribution in [0.4, 0.5) is 0 Å². The monoisotopic (exact) mass is 245 g/mol. The molecule has 0 saturated heterocycles. The topological polar surface area (TPSA) is 30.7 Å². The second kappa shape index (κ2) is 2.71. The summed E-state index contributed by atoms with van der Waals surface area (Å²) >= 11 is 9.12. The van der Waals surface area contributed by atoms with Crippen LogP contribution in [-0.2, 0) is 7.05 Å². The van der Waals surface area contributed by atoms with Crippen LogP contribution in [-0.4, -0.2) is 14.8 Å². The number of halogens is 2. The average molecular weight is 246 g/mol. The number of fused-ring (bicyclic) bond motifs is 1. The van der Waals surface area contributed by atoms with Crippen LogP contribution in [0.1, 0.15) is 0 Å². The van der Waals surface area contributed by atoms with Gasteiger partial charge in [-0.15, -0.1) is 0 Å². The third-order valence-electron chi connectivity index (χ3n) is 1.66. The first kappa shape index (κ1) is 8.01. The van der Waals surface area contributed by atoms with Crippen molar-refractivity contribution < 1.29 is 0 Å². The van der Waals surface area contributed by atoms with E-state index in [1.165, 1.54) is 0 Å². The van der Waals surface area contributed by atoms with Crippen molar-refractivity contribution in [2.24, 2.45) is 7.05 Å². The predicted molar refractivity (Wildman–Crippen MR) is 51.2 cm³/mol. The molecule has 12 heavy (non-hydrogen) atoms. The minimum Gasteiger partial charge on any atom is -0.266 e. The zero-order chi connectivity index (χ0) is 8.72. The summed E-state index contributed by atoms with van der Waals surface area (Å²) in [5.41, 5.74) is 0.974. The molecule has 0 fully saturated rings. The van der Waals surface area contributed by atoms with Gasteiger partial charge in [0.2, 0.25) is 0 Å². The molecule has 0 bridgehead atoms. The molecule has 0 radical (unpaired) electrons. The maximum Gasteiger partial charge on any atom is 0.160 e. The highest BCUT2D eigenvalue weighted by molar-refractivity contribution is 9.10. The SMILES string of the molecule is Cn1nc(Cl)c2cnc(Br)cc21. The van der Waals surface area contributed by atoms with Crippen LogP contribution in [0.2, 0.25) is 5.15 Å². The summed E-state index contributed by atoms with van der Waals surface area (Å²) in [4.78, 5) is 4.06. The smallest absolute Gasteiger partial charge is 0.160 e. The first-order chi connectivity index (χ1) is 5.68. The van der Waals surface area contributed by atoms with Crippen molar-refractivity contribution >= 4 is 38.4 Å². The minimum atomic E-state index is 0.493. The van der Waals surface area contributed by atoms with E-state index in [9.17, 15) is 0 Å². The zero-order valence-electron chi connectivity index (χ0n) is 6.25. The molecule has 3 nitrogen and oxygen atoms in total. The van der Waals surface area contributed by atoms with Gasteiger partial charge < -0.3 is 0 Å². The van der Waals surface area contributed by atoms with Crippen LogP contribution < -0.4 is 0 Å². The van der Waals surface area contributed by atoms with Crippen molar-refractivity contribution in [1.82, 2.24) is 14.8 Å². The standard InChI is InChI=1S/C7H5BrClN3/c1-12-5-2-6(8)10-3-4(5)7(9)11-12/h2-3H,1H3. The van der Waals surface area contributed by atoms with Gasteiger partial charge in [-0.05, 0) is 22.0 Å². The van der Waals surface area contributed by atoms with Gasteiger partial charge in [-0.2, -0.15) is 5.10 Å². The van der Waals surface area contributed by atoms with Crippen LogP contribution in [0.3, 0.4) is 0 Å². The van der Waals surface area contributed by atoms with Crippen molar-refractivity contribution in [1.29, 1.82) is 0 Å². The predicted octanol–water partition coefficient (Wildman–Crippen LogP) is 2.38. The van der Waals surface area contributed by atoms with Crippen molar-refractivity contribution in [3.63, 3.8) is 0 Å². The fraction of sp³-hybridized carbons (Fsp3) is 0.143. The lowest BCUT2D eigenvalue weighted by molar-refractivity contribution is 0.797. The highest BCUT2D eigenvalue weighted by Crippen LogP contribution is 2.22. The maximum atomic E-state index is 5.84. The van der Waals surface area contributed by atoms with E-state index in [0.717, 1.165) is 15.5 Å². The van der Waals surface area contributed by atoms with Crippen LogP contribution >= 0.6 is 27.5 Å². The number of aryl methyl sites for hydroxylation is 1. The molecule has 62 valence electrons. The Bertz CT molecular complexity index is 437. The number of rotatable bonds is 0. The zero-order valence-corrected chi connectivity index (χ0v) is 8.59. The Labute approximate surface area is 82.5 Å². The lowest BCUT2D eigenvalue weighted by atomic mass is 10.3. The molecule has 0 aliphatic heterocycles. The van der Waals surface area contributed by atoms with Crippen LogP contribution in [0.15, 0.2) is 16.9 Å². The quantitative estimate of drug-likeness (QED) is 0.668. The second-order valence-corrected chi connectivity index (χ2v) is 3.61. The molecule has 0 unspecified atom stereocenters. The van der Waals surface area contributed by atoms with Gasteiger partial charge in [0.05, 0.1) is 10.9 Å². The summed E-state index contributed by atoms with van der Waals surface area (Å²) in [6.45, 7) is 0. The number of pyridine rings is 1. The van der Waals surface area contributed by atoms with E-state index in [1.807, 2.05) is 13.1 Å². The van der Waals surface area contributed by atoms with E-state index in [1.54, 1.807) is 10.9 Å². The maximum absolute atomic E-state index is 5.84. The van der Waals surface area contributed by atoms with Gasteiger partial charge in [0.1, 0.15) is 4.60 Å².